The molecule has 0 fully saturated rings. The minimum Gasteiger partial charge on any atom is -0.259 e. The average molecular weight is 233 g/mol. The van der Waals surface area contributed by atoms with Gasteiger partial charge in [0.1, 0.15) is 6.61 Å². The zero-order valence-corrected chi connectivity index (χ0v) is 10.3. The van der Waals surface area contributed by atoms with Crippen LogP contribution in [0.25, 0.3) is 0 Å². The Bertz CT molecular complexity index is 245. The third-order valence-electron chi connectivity index (χ3n) is 2.05. The highest BCUT2D eigenvalue weighted by Crippen LogP contribution is 2.07. The Balaban J connectivity index is 3.44. The second-order valence-corrected chi connectivity index (χ2v) is 5.21. The average Bonchev–Trinajstić information content (AvgIpc) is 2.20. The first-order valence-electron chi connectivity index (χ1n) is 5.47. The summed E-state index contributed by atoms with van der Waals surface area (Å²) in [4.78, 5) is 0. The molecule has 0 unspecified atom stereocenters. The Kier molecular flexibility index (Phi) is 8.71. The molecule has 0 saturated heterocycles. The van der Waals surface area contributed by atoms with Crippen LogP contribution in [0.2, 0.25) is 0 Å². The van der Waals surface area contributed by atoms with E-state index in [1.165, 1.54) is 25.3 Å². The van der Waals surface area contributed by atoms with Crippen LogP contribution >= 0.6 is 0 Å². The molecule has 0 rings (SSSR count). The zero-order chi connectivity index (χ0) is 11.6. The molecule has 0 aromatic rings. The lowest BCUT2D eigenvalue weighted by molar-refractivity contribution is 0.410. The van der Waals surface area contributed by atoms with E-state index in [0.717, 1.165) is 19.4 Å². The summed E-state index contributed by atoms with van der Waals surface area (Å²) in [6, 6.07) is 0. The van der Waals surface area contributed by atoms with Gasteiger partial charge in [-0.3, -0.25) is 4.18 Å². The molecule has 0 spiro atoms. The number of hydrogen-bond acceptors (Lipinski definition) is 3. The van der Waals surface area contributed by atoms with Crippen molar-refractivity contribution in [3.05, 3.63) is 19.3 Å². The molecule has 89 valence electrons. The van der Waals surface area contributed by atoms with Crippen LogP contribution in [-0.2, 0) is 14.3 Å². The molecule has 0 N–H and O–H groups in total. The van der Waals surface area contributed by atoms with E-state index >= 15 is 0 Å². The summed E-state index contributed by atoms with van der Waals surface area (Å²) in [5.74, 6) is 0.101. The summed E-state index contributed by atoms with van der Waals surface area (Å²) in [5.41, 5.74) is 0. The van der Waals surface area contributed by atoms with Crippen LogP contribution in [0.3, 0.4) is 0 Å². The maximum Gasteiger partial charge on any atom is 0.267 e. The summed E-state index contributed by atoms with van der Waals surface area (Å²) >= 11 is 0. The minimum absolute atomic E-state index is 0.101. The van der Waals surface area contributed by atoms with Crippen molar-refractivity contribution >= 4 is 10.1 Å². The molecular weight excluding hydrogens is 212 g/mol. The number of hydrogen-bond donors (Lipinski definition) is 0. The molecule has 0 aromatic carbocycles. The summed E-state index contributed by atoms with van der Waals surface area (Å²) < 4.78 is 26.9. The lowest BCUT2D eigenvalue weighted by Gasteiger charge is -2.02. The predicted octanol–water partition coefficient (Wildman–Crippen LogP) is 3.04. The van der Waals surface area contributed by atoms with Crippen LogP contribution in [0.5, 0.6) is 0 Å². The largest absolute Gasteiger partial charge is 0.267 e. The molecule has 0 saturated carbocycles. The third kappa shape index (κ3) is 9.94. The molecule has 1 radical (unpaired) electrons. The third-order valence-corrected chi connectivity index (χ3v) is 3.24. The Hall–Kier alpha value is -0.350. The molecular formula is C11H21O3S. The summed E-state index contributed by atoms with van der Waals surface area (Å²) in [5, 5.41) is 0. The fourth-order valence-electron chi connectivity index (χ4n) is 1.23. The van der Waals surface area contributed by atoms with E-state index < -0.39 is 10.1 Å². The molecule has 4 heteroatoms. The van der Waals surface area contributed by atoms with Gasteiger partial charge in [-0.15, -0.1) is 6.58 Å². The van der Waals surface area contributed by atoms with Gasteiger partial charge in [0.05, 0.1) is 5.75 Å². The molecule has 0 amide bonds. The normalized spacial score (nSPS) is 11.5. The monoisotopic (exact) mass is 233 g/mol. The summed E-state index contributed by atoms with van der Waals surface area (Å²) in [6.45, 7) is 6.61. The fourth-order valence-corrected chi connectivity index (χ4v) is 2.13. The maximum atomic E-state index is 11.2. The Morgan fingerprint density at radius 1 is 1.13 bits per heavy atom. The van der Waals surface area contributed by atoms with Crippen molar-refractivity contribution in [3.63, 3.8) is 0 Å². The molecule has 0 aliphatic carbocycles. The fraction of sp³-hybridized carbons (Fsp3) is 0.727. The van der Waals surface area contributed by atoms with Gasteiger partial charge in [0.15, 0.2) is 0 Å². The van der Waals surface area contributed by atoms with Gasteiger partial charge in [0.2, 0.25) is 0 Å². The van der Waals surface area contributed by atoms with Crippen LogP contribution in [0, 0.1) is 6.61 Å². The first-order valence-corrected chi connectivity index (χ1v) is 7.05. The van der Waals surface area contributed by atoms with E-state index in [1.54, 1.807) is 0 Å². The van der Waals surface area contributed by atoms with E-state index in [-0.39, 0.29) is 5.75 Å². The molecule has 0 aromatic heterocycles. The molecule has 3 nitrogen and oxygen atoms in total. The van der Waals surface area contributed by atoms with Crippen molar-refractivity contribution in [2.24, 2.45) is 0 Å². The topological polar surface area (TPSA) is 43.4 Å². The highest BCUT2D eigenvalue weighted by atomic mass is 32.2. The first-order chi connectivity index (χ1) is 7.12. The van der Waals surface area contributed by atoms with Crippen molar-refractivity contribution in [2.75, 3.05) is 5.75 Å². The van der Waals surface area contributed by atoms with Crippen molar-refractivity contribution in [1.29, 1.82) is 0 Å². The van der Waals surface area contributed by atoms with E-state index in [1.807, 2.05) is 0 Å². The lowest BCUT2D eigenvalue weighted by Crippen LogP contribution is -2.08. The van der Waals surface area contributed by atoms with Gasteiger partial charge >= 0.3 is 0 Å². The Morgan fingerprint density at radius 2 is 1.73 bits per heavy atom. The van der Waals surface area contributed by atoms with E-state index in [2.05, 4.69) is 17.7 Å². The van der Waals surface area contributed by atoms with Crippen LogP contribution in [0.1, 0.15) is 45.4 Å². The van der Waals surface area contributed by atoms with Gasteiger partial charge in [0.25, 0.3) is 10.1 Å². The van der Waals surface area contributed by atoms with Gasteiger partial charge in [-0.1, -0.05) is 45.1 Å². The van der Waals surface area contributed by atoms with Crippen LogP contribution in [0.4, 0.5) is 0 Å². The summed E-state index contributed by atoms with van der Waals surface area (Å²) in [6.07, 6.45) is 7.68. The minimum atomic E-state index is -3.36. The van der Waals surface area contributed by atoms with Crippen molar-refractivity contribution in [3.8, 4) is 0 Å². The predicted molar refractivity (Wildman–Crippen MR) is 62.7 cm³/mol. The van der Waals surface area contributed by atoms with E-state index in [9.17, 15) is 8.42 Å². The molecule has 0 atom stereocenters. The molecule has 0 bridgehead atoms. The van der Waals surface area contributed by atoms with Crippen LogP contribution < -0.4 is 0 Å². The Morgan fingerprint density at radius 3 is 2.33 bits per heavy atom. The second kappa shape index (κ2) is 8.92. The Labute approximate surface area is 93.6 Å². The van der Waals surface area contributed by atoms with Gasteiger partial charge in [-0.05, 0) is 6.42 Å². The highest BCUT2D eigenvalue weighted by Gasteiger charge is 2.09. The van der Waals surface area contributed by atoms with Crippen LogP contribution in [0.15, 0.2) is 12.7 Å². The molecule has 0 aliphatic rings. The van der Waals surface area contributed by atoms with Gasteiger partial charge < -0.3 is 0 Å². The molecule has 0 heterocycles. The van der Waals surface area contributed by atoms with Gasteiger partial charge in [-0.2, -0.15) is 8.42 Å². The van der Waals surface area contributed by atoms with Gasteiger partial charge in [-0.25, -0.2) is 0 Å². The summed E-state index contributed by atoms with van der Waals surface area (Å²) in [7, 11) is -3.36. The highest BCUT2D eigenvalue weighted by molar-refractivity contribution is 7.86. The first kappa shape index (κ1) is 14.6. The number of unbranched alkanes of at least 4 members (excludes halogenated alkanes) is 5. The maximum absolute atomic E-state index is 11.2. The smallest absolute Gasteiger partial charge is 0.259 e. The second-order valence-electron chi connectivity index (χ2n) is 3.50. The van der Waals surface area contributed by atoms with E-state index in [4.69, 9.17) is 0 Å². The van der Waals surface area contributed by atoms with E-state index in [0.29, 0.717) is 6.42 Å². The number of rotatable bonds is 10. The van der Waals surface area contributed by atoms with Crippen molar-refractivity contribution < 1.29 is 12.6 Å². The van der Waals surface area contributed by atoms with Crippen molar-refractivity contribution in [2.45, 2.75) is 45.4 Å². The van der Waals surface area contributed by atoms with Crippen molar-refractivity contribution in [1.82, 2.24) is 0 Å². The molecule has 15 heavy (non-hydrogen) atoms. The SMILES string of the molecule is C=C[CH]OS(=O)(=O)CCCCCCCC. The zero-order valence-electron chi connectivity index (χ0n) is 9.44. The lowest BCUT2D eigenvalue weighted by atomic mass is 10.1. The van der Waals surface area contributed by atoms with Crippen LogP contribution in [-0.4, -0.2) is 14.2 Å². The molecule has 0 aliphatic heterocycles. The quantitative estimate of drug-likeness (QED) is 0.430. The van der Waals surface area contributed by atoms with Gasteiger partial charge in [0, 0.05) is 0 Å². The standard InChI is InChI=1S/C11H21O3S/c1-3-5-6-7-8-9-11-15(12,13)14-10-4-2/h4,10H,2-3,5-9,11H2,1H3.